The van der Waals surface area contributed by atoms with Gasteiger partial charge in [-0.15, -0.1) is 0 Å². The second-order valence-electron chi connectivity index (χ2n) is 9.08. The molecule has 4 nitrogen and oxygen atoms in total. The Kier molecular flexibility index (Phi) is 4.44. The molecule has 26 heavy (non-hydrogen) atoms. The van der Waals surface area contributed by atoms with Crippen molar-refractivity contribution >= 4 is 29.3 Å². The van der Waals surface area contributed by atoms with Crippen molar-refractivity contribution in [1.82, 2.24) is 5.32 Å². The monoisotopic (exact) mass is 353 g/mol. The highest BCUT2D eigenvalue weighted by molar-refractivity contribution is 6.65. The molecule has 0 bridgehead atoms. The molecule has 0 radical (unpaired) electrons. The van der Waals surface area contributed by atoms with Gasteiger partial charge in [0.25, 0.3) is 5.91 Å². The first-order valence-electron chi connectivity index (χ1n) is 9.10. The van der Waals surface area contributed by atoms with Gasteiger partial charge in [-0.2, -0.15) is 0 Å². The molecule has 0 atom stereocenters. The van der Waals surface area contributed by atoms with Crippen LogP contribution in [0.5, 0.6) is 0 Å². The van der Waals surface area contributed by atoms with Crippen LogP contribution < -0.4 is 10.8 Å². The molecule has 3 rings (SSSR count). The predicted octanol–water partition coefficient (Wildman–Crippen LogP) is 3.67. The summed E-state index contributed by atoms with van der Waals surface area (Å²) in [6, 6.07) is 11.8. The minimum Gasteiger partial charge on any atom is -0.399 e. The minimum atomic E-state index is -0.507. The molecule has 5 heteroatoms. The van der Waals surface area contributed by atoms with Crippen molar-refractivity contribution in [3.05, 3.63) is 42.0 Å². The Morgan fingerprint density at radius 1 is 1.00 bits per heavy atom. The van der Waals surface area contributed by atoms with E-state index in [1.54, 1.807) is 0 Å². The zero-order valence-electron chi connectivity index (χ0n) is 16.8. The summed E-state index contributed by atoms with van der Waals surface area (Å²) in [5, 5.41) is 5.07. The standard InChI is InChI=1S/C21H28BNO3/c1-19(2,3)23-18(24)15-12-14-10-8-9-11-16(14)17(13-15)22-25-20(4,5)21(6,7)26-22/h8-13H,1-7H3,(H,23,24). The number of rotatable bonds is 2. The van der Waals surface area contributed by atoms with Crippen LogP contribution in [0.15, 0.2) is 36.4 Å². The Balaban J connectivity index is 2.09. The minimum absolute atomic E-state index is 0.0963. The number of nitrogens with one attached hydrogen (secondary N) is 1. The van der Waals surface area contributed by atoms with Crippen LogP contribution in [-0.2, 0) is 9.31 Å². The van der Waals surface area contributed by atoms with E-state index in [1.165, 1.54) is 0 Å². The largest absolute Gasteiger partial charge is 0.495 e. The molecule has 1 N–H and O–H groups in total. The van der Waals surface area contributed by atoms with E-state index in [1.807, 2.05) is 84.9 Å². The van der Waals surface area contributed by atoms with Crippen molar-refractivity contribution < 1.29 is 14.1 Å². The third-order valence-corrected chi connectivity index (χ3v) is 5.15. The number of benzene rings is 2. The molecule has 0 spiro atoms. The summed E-state index contributed by atoms with van der Waals surface area (Å²) in [6.07, 6.45) is 0. The summed E-state index contributed by atoms with van der Waals surface area (Å²) in [5.41, 5.74) is 0.349. The second-order valence-corrected chi connectivity index (χ2v) is 9.08. The third kappa shape index (κ3) is 3.51. The smallest absolute Gasteiger partial charge is 0.399 e. The van der Waals surface area contributed by atoms with Gasteiger partial charge in [0, 0.05) is 11.1 Å². The molecule has 0 aliphatic carbocycles. The lowest BCUT2D eigenvalue weighted by Gasteiger charge is -2.32. The first-order valence-corrected chi connectivity index (χ1v) is 9.10. The second kappa shape index (κ2) is 6.10. The lowest BCUT2D eigenvalue weighted by Crippen LogP contribution is -2.41. The molecule has 1 fully saturated rings. The van der Waals surface area contributed by atoms with Gasteiger partial charge in [0.05, 0.1) is 11.2 Å². The van der Waals surface area contributed by atoms with E-state index in [2.05, 4.69) is 5.32 Å². The summed E-state index contributed by atoms with van der Waals surface area (Å²) < 4.78 is 12.5. The molecule has 1 heterocycles. The van der Waals surface area contributed by atoms with E-state index in [4.69, 9.17) is 9.31 Å². The van der Waals surface area contributed by atoms with Crippen molar-refractivity contribution in [3.63, 3.8) is 0 Å². The van der Waals surface area contributed by atoms with E-state index < -0.39 is 18.3 Å². The van der Waals surface area contributed by atoms with Crippen molar-refractivity contribution in [2.24, 2.45) is 0 Å². The molecular weight excluding hydrogens is 325 g/mol. The van der Waals surface area contributed by atoms with Gasteiger partial charge in [0.15, 0.2) is 0 Å². The van der Waals surface area contributed by atoms with Crippen LogP contribution >= 0.6 is 0 Å². The summed E-state index contributed by atoms with van der Waals surface area (Å²) in [5.74, 6) is -0.0963. The lowest BCUT2D eigenvalue weighted by atomic mass is 9.75. The van der Waals surface area contributed by atoms with Crippen molar-refractivity contribution in [3.8, 4) is 0 Å². The fourth-order valence-corrected chi connectivity index (χ4v) is 3.05. The molecule has 1 aliphatic heterocycles. The summed E-state index contributed by atoms with van der Waals surface area (Å²) >= 11 is 0. The first kappa shape index (κ1) is 18.9. The molecule has 1 amide bonds. The highest BCUT2D eigenvalue weighted by atomic mass is 16.7. The number of carbonyl (C=O) groups excluding carboxylic acids is 1. The zero-order valence-corrected chi connectivity index (χ0v) is 16.8. The Morgan fingerprint density at radius 2 is 1.58 bits per heavy atom. The van der Waals surface area contributed by atoms with Crippen molar-refractivity contribution in [2.45, 2.75) is 65.2 Å². The van der Waals surface area contributed by atoms with Crippen LogP contribution in [0.4, 0.5) is 0 Å². The molecule has 2 aromatic carbocycles. The van der Waals surface area contributed by atoms with Gasteiger partial charge < -0.3 is 14.6 Å². The van der Waals surface area contributed by atoms with Crippen LogP contribution in [0.25, 0.3) is 10.8 Å². The van der Waals surface area contributed by atoms with Crippen LogP contribution in [0.3, 0.4) is 0 Å². The fourth-order valence-electron chi connectivity index (χ4n) is 3.05. The number of amides is 1. The average molecular weight is 353 g/mol. The van der Waals surface area contributed by atoms with Gasteiger partial charge in [-0.25, -0.2) is 0 Å². The highest BCUT2D eigenvalue weighted by Gasteiger charge is 2.52. The maximum absolute atomic E-state index is 12.7. The maximum atomic E-state index is 12.7. The Morgan fingerprint density at radius 3 is 2.15 bits per heavy atom. The van der Waals surface area contributed by atoms with Crippen LogP contribution in [-0.4, -0.2) is 29.8 Å². The Labute approximate surface area is 156 Å². The Bertz CT molecular complexity index is 836. The van der Waals surface area contributed by atoms with Gasteiger partial charge in [-0.3, -0.25) is 4.79 Å². The van der Waals surface area contributed by atoms with Gasteiger partial charge in [-0.1, -0.05) is 24.3 Å². The lowest BCUT2D eigenvalue weighted by molar-refractivity contribution is 0.00578. The predicted molar refractivity (Wildman–Crippen MR) is 107 cm³/mol. The van der Waals surface area contributed by atoms with E-state index in [-0.39, 0.29) is 11.4 Å². The summed E-state index contributed by atoms with van der Waals surface area (Å²) in [7, 11) is -0.507. The zero-order chi connectivity index (χ0) is 19.3. The van der Waals surface area contributed by atoms with Gasteiger partial charge in [-0.05, 0) is 76.8 Å². The quantitative estimate of drug-likeness (QED) is 0.838. The molecule has 0 saturated carbocycles. The van der Waals surface area contributed by atoms with E-state index in [9.17, 15) is 4.79 Å². The number of fused-ring (bicyclic) bond motifs is 1. The third-order valence-electron chi connectivity index (χ3n) is 5.15. The van der Waals surface area contributed by atoms with E-state index >= 15 is 0 Å². The molecule has 1 saturated heterocycles. The Hall–Kier alpha value is -1.85. The fraction of sp³-hybridized carbons (Fsp3) is 0.476. The number of hydrogen-bond donors (Lipinski definition) is 1. The normalized spacial score (nSPS) is 19.0. The van der Waals surface area contributed by atoms with Crippen LogP contribution in [0, 0.1) is 0 Å². The number of carbonyl (C=O) groups is 1. The number of hydrogen-bond acceptors (Lipinski definition) is 3. The SMILES string of the molecule is CC(C)(C)NC(=O)c1cc(B2OC(C)(C)C(C)(C)O2)c2ccccc2c1. The highest BCUT2D eigenvalue weighted by Crippen LogP contribution is 2.37. The summed E-state index contributed by atoms with van der Waals surface area (Å²) in [4.78, 5) is 12.7. The average Bonchev–Trinajstić information content (AvgIpc) is 2.72. The summed E-state index contributed by atoms with van der Waals surface area (Å²) in [6.45, 7) is 14.1. The van der Waals surface area contributed by atoms with Gasteiger partial charge in [0.1, 0.15) is 0 Å². The van der Waals surface area contributed by atoms with Crippen LogP contribution in [0.1, 0.15) is 58.8 Å². The van der Waals surface area contributed by atoms with Crippen molar-refractivity contribution in [1.29, 1.82) is 0 Å². The van der Waals surface area contributed by atoms with E-state index in [0.717, 1.165) is 16.2 Å². The molecule has 0 aromatic heterocycles. The molecule has 1 aliphatic rings. The topological polar surface area (TPSA) is 47.6 Å². The van der Waals surface area contributed by atoms with Gasteiger partial charge >= 0.3 is 7.12 Å². The first-order chi connectivity index (χ1) is 11.9. The molecular formula is C21H28BNO3. The van der Waals surface area contributed by atoms with Gasteiger partial charge in [0.2, 0.25) is 0 Å². The van der Waals surface area contributed by atoms with E-state index in [0.29, 0.717) is 5.56 Å². The molecule has 138 valence electrons. The molecule has 0 unspecified atom stereocenters. The van der Waals surface area contributed by atoms with Crippen molar-refractivity contribution in [2.75, 3.05) is 0 Å². The maximum Gasteiger partial charge on any atom is 0.495 e. The van der Waals surface area contributed by atoms with Crippen LogP contribution in [0.2, 0.25) is 0 Å². The molecule has 2 aromatic rings.